The van der Waals surface area contributed by atoms with Crippen molar-refractivity contribution in [1.82, 2.24) is 34.7 Å². The number of carbonyl (C=O) groups is 1. The molecule has 4 heterocycles. The Balaban J connectivity index is 1.27. The van der Waals surface area contributed by atoms with Gasteiger partial charge in [-0.2, -0.15) is 10.1 Å². The predicted molar refractivity (Wildman–Crippen MR) is 126 cm³/mol. The number of halogens is 1. The average molecular weight is 488 g/mol. The lowest BCUT2D eigenvalue weighted by molar-refractivity contribution is 0.102. The minimum atomic E-state index is -0.926. The Kier molecular flexibility index (Phi) is 5.29. The van der Waals surface area contributed by atoms with Gasteiger partial charge in [0.1, 0.15) is 11.9 Å². The van der Waals surface area contributed by atoms with Crippen molar-refractivity contribution in [2.24, 2.45) is 0 Å². The van der Waals surface area contributed by atoms with E-state index >= 15 is 0 Å². The summed E-state index contributed by atoms with van der Waals surface area (Å²) in [6.45, 7) is 2.18. The molecule has 36 heavy (non-hydrogen) atoms. The smallest absolute Gasteiger partial charge is 0.259 e. The number of hydrogen-bond acceptors (Lipinski definition) is 8. The Morgan fingerprint density at radius 3 is 2.94 bits per heavy atom. The Hall–Kier alpha value is -4.45. The van der Waals surface area contributed by atoms with Crippen LogP contribution < -0.4 is 5.32 Å². The molecule has 0 spiro atoms. The molecule has 1 aromatic carbocycles. The van der Waals surface area contributed by atoms with Gasteiger partial charge in [0.25, 0.3) is 5.91 Å². The van der Waals surface area contributed by atoms with E-state index in [1.54, 1.807) is 27.7 Å². The third kappa shape index (κ3) is 4.01. The van der Waals surface area contributed by atoms with Gasteiger partial charge in [0.05, 0.1) is 42.5 Å². The molecule has 2 N–H and O–H groups in total. The van der Waals surface area contributed by atoms with Crippen molar-refractivity contribution in [3.05, 3.63) is 65.9 Å². The van der Waals surface area contributed by atoms with Crippen molar-refractivity contribution in [1.29, 1.82) is 0 Å². The molecule has 0 unspecified atom stereocenters. The summed E-state index contributed by atoms with van der Waals surface area (Å²) in [4.78, 5) is 17.6. The first kappa shape index (κ1) is 22.0. The van der Waals surface area contributed by atoms with E-state index in [4.69, 9.17) is 9.63 Å². The highest BCUT2D eigenvalue weighted by Crippen LogP contribution is 2.43. The average Bonchev–Trinajstić information content (AvgIpc) is 3.29. The molecule has 4 aromatic heterocycles. The van der Waals surface area contributed by atoms with E-state index in [2.05, 4.69) is 30.9 Å². The number of alkyl halides is 1. The number of pyridine rings is 1. The number of hydrogen-bond donors (Lipinski definition) is 2. The second-order valence-corrected chi connectivity index (χ2v) is 8.69. The van der Waals surface area contributed by atoms with Gasteiger partial charge in [0.15, 0.2) is 0 Å². The van der Waals surface area contributed by atoms with E-state index in [9.17, 15) is 9.18 Å². The summed E-state index contributed by atoms with van der Waals surface area (Å²) in [5.41, 5.74) is 4.44. The van der Waals surface area contributed by atoms with Crippen LogP contribution in [0.15, 0.2) is 53.4 Å². The molecule has 12 heteroatoms. The molecule has 0 bridgehead atoms. The van der Waals surface area contributed by atoms with Crippen LogP contribution in [0.2, 0.25) is 0 Å². The number of aliphatic hydroxyl groups excluding tert-OH is 1. The molecule has 0 radical (unpaired) electrons. The standard InChI is InChI=1S/C24H21FN8O3/c1-13-2-3-15(22-28-24(36-30-22)16-10-18(16)25)8-19(13)27-23(35)17-11-26-33-5-4-14(9-21(17)33)20-12-32(6-7-34)31-29-20/h2-5,8-9,11-12,16,18,34H,6-7,10H2,1H3,(H,27,35)/t16-,18-/m0/s1. The normalized spacial score (nSPS) is 17.0. The van der Waals surface area contributed by atoms with Crippen LogP contribution in [0.1, 0.15) is 34.2 Å². The molecule has 1 saturated carbocycles. The van der Waals surface area contributed by atoms with Gasteiger partial charge < -0.3 is 14.9 Å². The van der Waals surface area contributed by atoms with Gasteiger partial charge in [0.2, 0.25) is 11.7 Å². The van der Waals surface area contributed by atoms with E-state index in [1.807, 2.05) is 31.2 Å². The lowest BCUT2D eigenvalue weighted by atomic mass is 10.1. The number of amides is 1. The van der Waals surface area contributed by atoms with Gasteiger partial charge >= 0.3 is 0 Å². The quantitative estimate of drug-likeness (QED) is 0.357. The van der Waals surface area contributed by atoms with Crippen LogP contribution in [0.3, 0.4) is 0 Å². The number of rotatable bonds is 7. The number of aromatic nitrogens is 7. The highest BCUT2D eigenvalue weighted by atomic mass is 19.1. The first-order valence-electron chi connectivity index (χ1n) is 11.4. The summed E-state index contributed by atoms with van der Waals surface area (Å²) in [6, 6.07) is 9.08. The molecular weight excluding hydrogens is 467 g/mol. The highest BCUT2D eigenvalue weighted by molar-refractivity contribution is 6.09. The van der Waals surface area contributed by atoms with Crippen molar-refractivity contribution in [2.75, 3.05) is 11.9 Å². The first-order valence-corrected chi connectivity index (χ1v) is 11.4. The Morgan fingerprint density at radius 2 is 2.14 bits per heavy atom. The maximum absolute atomic E-state index is 13.3. The van der Waals surface area contributed by atoms with Gasteiger partial charge in [-0.05, 0) is 37.1 Å². The van der Waals surface area contributed by atoms with Crippen LogP contribution in [0.4, 0.5) is 10.1 Å². The summed E-state index contributed by atoms with van der Waals surface area (Å²) in [5.74, 6) is -0.0225. The molecule has 0 aliphatic heterocycles. The molecule has 182 valence electrons. The molecule has 1 aliphatic carbocycles. The summed E-state index contributed by atoms with van der Waals surface area (Å²) in [6.07, 6.45) is 4.45. The second kappa shape index (κ2) is 8.64. The minimum Gasteiger partial charge on any atom is -0.394 e. The molecular formula is C24H21FN8O3. The zero-order valence-corrected chi connectivity index (χ0v) is 19.2. The number of benzene rings is 1. The van der Waals surface area contributed by atoms with Crippen molar-refractivity contribution in [3.8, 4) is 22.6 Å². The Bertz CT molecular complexity index is 1590. The highest BCUT2D eigenvalue weighted by Gasteiger charge is 2.43. The van der Waals surface area contributed by atoms with Gasteiger partial charge in [-0.15, -0.1) is 5.10 Å². The fourth-order valence-electron chi connectivity index (χ4n) is 3.97. The maximum Gasteiger partial charge on any atom is 0.259 e. The Labute approximate surface area is 203 Å². The van der Waals surface area contributed by atoms with Gasteiger partial charge in [-0.3, -0.25) is 4.79 Å². The van der Waals surface area contributed by atoms with Crippen LogP contribution in [0, 0.1) is 6.92 Å². The topological polar surface area (TPSA) is 136 Å². The van der Waals surface area contributed by atoms with E-state index in [0.717, 1.165) is 11.1 Å². The van der Waals surface area contributed by atoms with Crippen molar-refractivity contribution in [2.45, 2.75) is 32.0 Å². The van der Waals surface area contributed by atoms with E-state index in [1.165, 1.54) is 6.20 Å². The lowest BCUT2D eigenvalue weighted by Crippen LogP contribution is -2.12. The lowest BCUT2D eigenvalue weighted by Gasteiger charge is -2.09. The molecule has 0 saturated heterocycles. The van der Waals surface area contributed by atoms with E-state index in [-0.39, 0.29) is 18.4 Å². The number of aryl methyl sites for hydroxylation is 1. The van der Waals surface area contributed by atoms with Crippen LogP contribution in [0.5, 0.6) is 0 Å². The number of anilines is 1. The SMILES string of the molecule is Cc1ccc(-c2noc([C@H]3C[C@@H]3F)n2)cc1NC(=O)c1cnn2ccc(-c3cn(CCO)nn3)cc12. The molecule has 1 aliphatic rings. The predicted octanol–water partition coefficient (Wildman–Crippen LogP) is 3.02. The fraction of sp³-hybridized carbons (Fsp3) is 0.250. The van der Waals surface area contributed by atoms with Crippen molar-refractivity contribution < 1.29 is 18.8 Å². The number of fused-ring (bicyclic) bond motifs is 1. The number of aliphatic hydroxyl groups is 1. The van der Waals surface area contributed by atoms with Gasteiger partial charge in [-0.1, -0.05) is 22.5 Å². The molecule has 2 atom stereocenters. The first-order chi connectivity index (χ1) is 17.5. The zero-order valence-electron chi connectivity index (χ0n) is 19.2. The molecule has 5 aromatic rings. The van der Waals surface area contributed by atoms with E-state index in [0.29, 0.717) is 52.7 Å². The molecule has 11 nitrogen and oxygen atoms in total. The number of nitrogens with one attached hydrogen (secondary N) is 1. The van der Waals surface area contributed by atoms with Crippen LogP contribution in [0.25, 0.3) is 28.2 Å². The van der Waals surface area contributed by atoms with E-state index < -0.39 is 6.17 Å². The van der Waals surface area contributed by atoms with Crippen molar-refractivity contribution >= 4 is 17.1 Å². The number of nitrogens with zero attached hydrogens (tertiary/aromatic N) is 7. The van der Waals surface area contributed by atoms with Gasteiger partial charge in [-0.25, -0.2) is 13.6 Å². The largest absolute Gasteiger partial charge is 0.394 e. The monoisotopic (exact) mass is 488 g/mol. The molecule has 1 fully saturated rings. The third-order valence-corrected chi connectivity index (χ3v) is 6.15. The van der Waals surface area contributed by atoms with Crippen LogP contribution >= 0.6 is 0 Å². The third-order valence-electron chi connectivity index (χ3n) is 6.15. The summed E-state index contributed by atoms with van der Waals surface area (Å²) < 4.78 is 21.7. The Morgan fingerprint density at radius 1 is 1.28 bits per heavy atom. The van der Waals surface area contributed by atoms with Crippen LogP contribution in [-0.4, -0.2) is 58.5 Å². The number of carbonyl (C=O) groups excluding carboxylic acids is 1. The summed E-state index contributed by atoms with van der Waals surface area (Å²) >= 11 is 0. The minimum absolute atomic E-state index is 0.0398. The summed E-state index contributed by atoms with van der Waals surface area (Å²) in [7, 11) is 0. The van der Waals surface area contributed by atoms with Gasteiger partial charge in [0, 0.05) is 23.0 Å². The van der Waals surface area contributed by atoms with Crippen LogP contribution in [-0.2, 0) is 6.54 Å². The zero-order chi connectivity index (χ0) is 24.8. The second-order valence-electron chi connectivity index (χ2n) is 8.69. The summed E-state index contributed by atoms with van der Waals surface area (Å²) in [5, 5.41) is 28.4. The molecule has 1 amide bonds. The molecule has 6 rings (SSSR count). The maximum atomic E-state index is 13.3. The van der Waals surface area contributed by atoms with Crippen molar-refractivity contribution in [3.63, 3.8) is 0 Å². The fourth-order valence-corrected chi connectivity index (χ4v) is 3.97.